The van der Waals surface area contributed by atoms with Crippen LogP contribution in [0.4, 0.5) is 5.69 Å². The van der Waals surface area contributed by atoms with Gasteiger partial charge in [-0.05, 0) is 44.4 Å². The Morgan fingerprint density at radius 3 is 2.55 bits per heavy atom. The van der Waals surface area contributed by atoms with Crippen molar-refractivity contribution in [3.05, 3.63) is 24.3 Å². The SMILES string of the molecule is CCC1(CC)Oc2ccccc2N(CCCCN)C1=O. The standard InChI is InChI=1S/C16H24N2O2/c1-3-16(4-2)15(19)18(12-8-7-11-17)13-9-5-6-10-14(13)20-16/h5-6,9-10H,3-4,7-8,11-12,17H2,1-2H3. The van der Waals surface area contributed by atoms with Crippen molar-refractivity contribution in [1.82, 2.24) is 0 Å². The van der Waals surface area contributed by atoms with E-state index in [1.54, 1.807) is 0 Å². The van der Waals surface area contributed by atoms with Crippen LogP contribution in [0.2, 0.25) is 0 Å². The Hall–Kier alpha value is -1.55. The van der Waals surface area contributed by atoms with Crippen LogP contribution in [0.15, 0.2) is 24.3 Å². The normalized spacial score (nSPS) is 16.8. The van der Waals surface area contributed by atoms with Crippen molar-refractivity contribution in [3.63, 3.8) is 0 Å². The number of para-hydroxylation sites is 2. The van der Waals surface area contributed by atoms with Gasteiger partial charge in [-0.15, -0.1) is 0 Å². The molecule has 1 heterocycles. The monoisotopic (exact) mass is 276 g/mol. The maximum atomic E-state index is 12.8. The molecule has 0 aromatic heterocycles. The molecule has 0 spiro atoms. The molecule has 1 amide bonds. The molecule has 0 saturated carbocycles. The third-order valence-corrected chi connectivity index (χ3v) is 4.07. The Balaban J connectivity index is 2.34. The van der Waals surface area contributed by atoms with Crippen LogP contribution in [-0.4, -0.2) is 24.6 Å². The molecule has 0 atom stereocenters. The van der Waals surface area contributed by atoms with Gasteiger partial charge in [-0.2, -0.15) is 0 Å². The third-order valence-electron chi connectivity index (χ3n) is 4.07. The molecule has 0 saturated heterocycles. The Morgan fingerprint density at radius 1 is 1.20 bits per heavy atom. The lowest BCUT2D eigenvalue weighted by molar-refractivity contribution is -0.136. The van der Waals surface area contributed by atoms with E-state index in [1.165, 1.54) is 0 Å². The van der Waals surface area contributed by atoms with Crippen molar-refractivity contribution < 1.29 is 9.53 Å². The predicted molar refractivity (Wildman–Crippen MR) is 81.0 cm³/mol. The molecule has 4 nitrogen and oxygen atoms in total. The number of fused-ring (bicyclic) bond motifs is 1. The molecule has 1 aliphatic heterocycles. The number of carbonyl (C=O) groups is 1. The number of unbranched alkanes of at least 4 members (excludes halogenated alkanes) is 1. The molecule has 110 valence electrons. The molecule has 4 heteroatoms. The number of ether oxygens (including phenoxy) is 1. The van der Waals surface area contributed by atoms with Gasteiger partial charge in [-0.1, -0.05) is 26.0 Å². The maximum Gasteiger partial charge on any atom is 0.271 e. The number of carbonyl (C=O) groups excluding carboxylic acids is 1. The van der Waals surface area contributed by atoms with Gasteiger partial charge in [-0.25, -0.2) is 0 Å². The molecule has 0 bridgehead atoms. The summed E-state index contributed by atoms with van der Waals surface area (Å²) >= 11 is 0. The summed E-state index contributed by atoms with van der Waals surface area (Å²) in [6.45, 7) is 5.38. The van der Waals surface area contributed by atoms with Gasteiger partial charge in [0.1, 0.15) is 5.75 Å². The van der Waals surface area contributed by atoms with Gasteiger partial charge in [0.25, 0.3) is 5.91 Å². The maximum absolute atomic E-state index is 12.8. The first kappa shape index (κ1) is 14.9. The molecule has 0 unspecified atom stereocenters. The molecule has 0 radical (unpaired) electrons. The van der Waals surface area contributed by atoms with E-state index >= 15 is 0 Å². The highest BCUT2D eigenvalue weighted by Gasteiger charge is 2.45. The lowest BCUT2D eigenvalue weighted by Gasteiger charge is -2.42. The summed E-state index contributed by atoms with van der Waals surface area (Å²) in [5.74, 6) is 0.891. The second-order valence-corrected chi connectivity index (χ2v) is 5.22. The zero-order valence-electron chi connectivity index (χ0n) is 12.4. The van der Waals surface area contributed by atoms with Crippen molar-refractivity contribution in [1.29, 1.82) is 0 Å². The average molecular weight is 276 g/mol. The average Bonchev–Trinajstić information content (AvgIpc) is 2.49. The van der Waals surface area contributed by atoms with Crippen LogP contribution in [-0.2, 0) is 4.79 Å². The topological polar surface area (TPSA) is 55.6 Å². The molecule has 2 N–H and O–H groups in total. The summed E-state index contributed by atoms with van der Waals surface area (Å²) in [4.78, 5) is 14.7. The summed E-state index contributed by atoms with van der Waals surface area (Å²) in [7, 11) is 0. The van der Waals surface area contributed by atoms with Gasteiger partial charge in [0.05, 0.1) is 5.69 Å². The minimum atomic E-state index is -0.711. The fourth-order valence-corrected chi connectivity index (χ4v) is 2.71. The van der Waals surface area contributed by atoms with E-state index < -0.39 is 5.60 Å². The van der Waals surface area contributed by atoms with Gasteiger partial charge < -0.3 is 15.4 Å². The Morgan fingerprint density at radius 2 is 1.90 bits per heavy atom. The quantitative estimate of drug-likeness (QED) is 0.813. The number of rotatable bonds is 6. The summed E-state index contributed by atoms with van der Waals surface area (Å²) in [6.07, 6.45) is 3.21. The highest BCUT2D eigenvalue weighted by Crippen LogP contribution is 2.40. The summed E-state index contributed by atoms with van der Waals surface area (Å²) in [5.41, 5.74) is 5.72. The molecule has 1 aliphatic rings. The highest BCUT2D eigenvalue weighted by atomic mass is 16.5. The smallest absolute Gasteiger partial charge is 0.271 e. The third kappa shape index (κ3) is 2.52. The van der Waals surface area contributed by atoms with Gasteiger partial charge in [0.15, 0.2) is 5.60 Å². The van der Waals surface area contributed by atoms with Crippen LogP contribution in [0.1, 0.15) is 39.5 Å². The van der Waals surface area contributed by atoms with E-state index in [1.807, 2.05) is 43.0 Å². The van der Waals surface area contributed by atoms with Gasteiger partial charge >= 0.3 is 0 Å². The number of nitrogens with two attached hydrogens (primary N) is 1. The van der Waals surface area contributed by atoms with Gasteiger partial charge in [0, 0.05) is 6.54 Å². The molecule has 1 aromatic rings. The van der Waals surface area contributed by atoms with Crippen LogP contribution in [0.3, 0.4) is 0 Å². The van der Waals surface area contributed by atoms with Crippen LogP contribution in [0.5, 0.6) is 5.75 Å². The van der Waals surface area contributed by atoms with Crippen LogP contribution in [0, 0.1) is 0 Å². The Kier molecular flexibility index (Phi) is 4.65. The predicted octanol–water partition coefficient (Wildman–Crippen LogP) is 2.71. The first-order chi connectivity index (χ1) is 9.68. The van der Waals surface area contributed by atoms with Crippen molar-refractivity contribution in [3.8, 4) is 5.75 Å². The van der Waals surface area contributed by atoms with E-state index in [0.29, 0.717) is 25.9 Å². The molecule has 2 rings (SSSR count). The number of hydrogen-bond acceptors (Lipinski definition) is 3. The number of hydrogen-bond donors (Lipinski definition) is 1. The second-order valence-electron chi connectivity index (χ2n) is 5.22. The fourth-order valence-electron chi connectivity index (χ4n) is 2.71. The highest BCUT2D eigenvalue weighted by molar-refractivity contribution is 6.02. The second kappa shape index (κ2) is 6.27. The Labute approximate surface area is 120 Å². The zero-order chi connectivity index (χ0) is 14.6. The summed E-state index contributed by atoms with van der Waals surface area (Å²) in [5, 5.41) is 0. The van der Waals surface area contributed by atoms with Crippen molar-refractivity contribution in [2.45, 2.75) is 45.1 Å². The Bertz CT molecular complexity index is 469. The molecular weight excluding hydrogens is 252 g/mol. The van der Waals surface area contributed by atoms with Gasteiger partial charge in [-0.3, -0.25) is 4.79 Å². The van der Waals surface area contributed by atoms with Crippen LogP contribution < -0.4 is 15.4 Å². The lowest BCUT2D eigenvalue weighted by atomic mass is 9.92. The van der Waals surface area contributed by atoms with Crippen molar-refractivity contribution >= 4 is 11.6 Å². The molecule has 20 heavy (non-hydrogen) atoms. The van der Waals surface area contributed by atoms with Crippen molar-refractivity contribution in [2.24, 2.45) is 5.73 Å². The minimum Gasteiger partial charge on any atom is -0.475 e. The summed E-state index contributed by atoms with van der Waals surface area (Å²) < 4.78 is 6.05. The lowest BCUT2D eigenvalue weighted by Crippen LogP contribution is -2.55. The van der Waals surface area contributed by atoms with E-state index in [0.717, 1.165) is 24.3 Å². The van der Waals surface area contributed by atoms with E-state index in [9.17, 15) is 4.79 Å². The van der Waals surface area contributed by atoms with E-state index in [4.69, 9.17) is 10.5 Å². The fraction of sp³-hybridized carbons (Fsp3) is 0.562. The number of amides is 1. The van der Waals surface area contributed by atoms with Crippen molar-refractivity contribution in [2.75, 3.05) is 18.0 Å². The zero-order valence-corrected chi connectivity index (χ0v) is 12.4. The van der Waals surface area contributed by atoms with Crippen LogP contribution >= 0.6 is 0 Å². The largest absolute Gasteiger partial charge is 0.475 e. The summed E-state index contributed by atoms with van der Waals surface area (Å²) in [6, 6.07) is 7.78. The first-order valence-electron chi connectivity index (χ1n) is 7.48. The molecular formula is C16H24N2O2. The van der Waals surface area contributed by atoms with Crippen LogP contribution in [0.25, 0.3) is 0 Å². The number of anilines is 1. The molecule has 0 fully saturated rings. The van der Waals surface area contributed by atoms with E-state index in [-0.39, 0.29) is 5.91 Å². The number of nitrogens with zero attached hydrogens (tertiary/aromatic N) is 1. The minimum absolute atomic E-state index is 0.0817. The van der Waals surface area contributed by atoms with E-state index in [2.05, 4.69) is 0 Å². The molecule has 1 aromatic carbocycles. The molecule has 0 aliphatic carbocycles. The first-order valence-corrected chi connectivity index (χ1v) is 7.48. The van der Waals surface area contributed by atoms with Gasteiger partial charge in [0.2, 0.25) is 0 Å². The number of benzene rings is 1.